The Kier molecular flexibility index (Phi) is 6.25. The smallest absolute Gasteiger partial charge is 0.193 e. The van der Waals surface area contributed by atoms with Gasteiger partial charge in [0.05, 0.1) is 0 Å². The maximum Gasteiger partial charge on any atom is 0.193 e. The van der Waals surface area contributed by atoms with E-state index in [1.807, 2.05) is 0 Å². The zero-order chi connectivity index (χ0) is 22.4. The van der Waals surface area contributed by atoms with Crippen LogP contribution in [0.4, 0.5) is 0 Å². The Morgan fingerprint density at radius 3 is 1.28 bits per heavy atom. The molecule has 0 spiro atoms. The third-order valence-electron chi connectivity index (χ3n) is 5.68. The number of rotatable bonds is 3. The van der Waals surface area contributed by atoms with Gasteiger partial charge in [0.25, 0.3) is 0 Å². The summed E-state index contributed by atoms with van der Waals surface area (Å²) in [6.45, 7) is 24.2. The molecule has 0 N–H and O–H groups in total. The van der Waals surface area contributed by atoms with Gasteiger partial charge in [-0.3, -0.25) is 4.79 Å². The van der Waals surface area contributed by atoms with Gasteiger partial charge in [-0.25, -0.2) is 0 Å². The van der Waals surface area contributed by atoms with Crippen molar-refractivity contribution in [1.29, 1.82) is 0 Å². The third-order valence-corrected chi connectivity index (χ3v) is 5.68. The average Bonchev–Trinajstić information content (AvgIpc) is 2.58. The monoisotopic (exact) mass is 392 g/mol. The number of benzene rings is 2. The Bertz CT molecular complexity index is 861. The molecule has 1 nitrogen and oxygen atoms in total. The number of hydrogen-bond donors (Lipinski definition) is 0. The maximum atomic E-state index is 13.7. The lowest BCUT2D eigenvalue weighted by atomic mass is 9.78. The Morgan fingerprint density at radius 2 is 0.931 bits per heavy atom. The van der Waals surface area contributed by atoms with E-state index in [1.165, 1.54) is 22.3 Å². The van der Waals surface area contributed by atoms with Gasteiger partial charge in [0.2, 0.25) is 0 Å². The Balaban J connectivity index is 2.70. The molecule has 0 saturated carbocycles. The lowest BCUT2D eigenvalue weighted by Crippen LogP contribution is -2.19. The maximum absolute atomic E-state index is 13.7. The predicted octanol–water partition coefficient (Wildman–Crippen LogP) is 7.93. The molecule has 0 fully saturated rings. The molecule has 1 heteroatoms. The van der Waals surface area contributed by atoms with Crippen LogP contribution in [0.5, 0.6) is 0 Å². The molecule has 158 valence electrons. The molecule has 0 amide bonds. The normalized spacial score (nSPS) is 13.1. The van der Waals surface area contributed by atoms with Crippen molar-refractivity contribution in [3.8, 4) is 0 Å². The molecule has 0 heterocycles. The van der Waals surface area contributed by atoms with Crippen LogP contribution in [0.2, 0.25) is 0 Å². The molecule has 0 aliphatic rings. The van der Waals surface area contributed by atoms with Gasteiger partial charge in [-0.05, 0) is 68.7 Å². The SMILES string of the molecule is CC(C)c1cc(C(=O)c2cc(C(C)(C)C)cc(C(C)(C)C)c2)cc(C(C)(C)C)c1. The zero-order valence-corrected chi connectivity index (χ0v) is 20.4. The van der Waals surface area contributed by atoms with Crippen molar-refractivity contribution in [3.63, 3.8) is 0 Å². The second-order valence-corrected chi connectivity index (χ2v) is 11.9. The molecule has 2 rings (SSSR count). The fourth-order valence-corrected chi connectivity index (χ4v) is 3.34. The first-order valence-electron chi connectivity index (χ1n) is 10.9. The van der Waals surface area contributed by atoms with Gasteiger partial charge in [0.1, 0.15) is 0 Å². The zero-order valence-electron chi connectivity index (χ0n) is 20.4. The first-order chi connectivity index (χ1) is 13.0. The highest BCUT2D eigenvalue weighted by molar-refractivity contribution is 6.09. The number of carbonyl (C=O) groups excluding carboxylic acids is 1. The van der Waals surface area contributed by atoms with Crippen LogP contribution in [-0.2, 0) is 16.2 Å². The van der Waals surface area contributed by atoms with E-state index in [-0.39, 0.29) is 22.0 Å². The van der Waals surface area contributed by atoms with E-state index < -0.39 is 0 Å². The van der Waals surface area contributed by atoms with E-state index in [9.17, 15) is 4.79 Å². The summed E-state index contributed by atoms with van der Waals surface area (Å²) in [5.74, 6) is 0.504. The largest absolute Gasteiger partial charge is 0.289 e. The van der Waals surface area contributed by atoms with Crippen LogP contribution < -0.4 is 0 Å². The predicted molar refractivity (Wildman–Crippen MR) is 127 cm³/mol. The minimum Gasteiger partial charge on any atom is -0.289 e. The van der Waals surface area contributed by atoms with Crippen molar-refractivity contribution in [2.45, 2.75) is 98.3 Å². The summed E-state index contributed by atoms with van der Waals surface area (Å²) in [7, 11) is 0. The molecular formula is C28H40O. The Labute approximate surface area is 178 Å². The van der Waals surface area contributed by atoms with Crippen LogP contribution in [0.25, 0.3) is 0 Å². The van der Waals surface area contributed by atoms with E-state index >= 15 is 0 Å². The summed E-state index contributed by atoms with van der Waals surface area (Å²) >= 11 is 0. The van der Waals surface area contributed by atoms with Crippen LogP contribution >= 0.6 is 0 Å². The standard InChI is InChI=1S/C28H40O/c1-18(2)19-12-20(14-22(13-19)26(3,4)5)25(29)21-15-23(27(6,7)8)17-24(16-21)28(9,10)11/h12-18H,1-11H3. The quantitative estimate of drug-likeness (QED) is 0.485. The van der Waals surface area contributed by atoms with Crippen LogP contribution in [0.3, 0.4) is 0 Å². The van der Waals surface area contributed by atoms with Gasteiger partial charge in [-0.1, -0.05) is 88.3 Å². The minimum atomic E-state index is -0.00730. The molecule has 0 atom stereocenters. The average molecular weight is 393 g/mol. The van der Waals surface area contributed by atoms with E-state index in [2.05, 4.69) is 113 Å². The minimum absolute atomic E-state index is 0.00373. The lowest BCUT2D eigenvalue weighted by molar-refractivity contribution is 0.103. The molecule has 29 heavy (non-hydrogen) atoms. The molecule has 2 aromatic rings. The van der Waals surface area contributed by atoms with E-state index in [1.54, 1.807) is 0 Å². The summed E-state index contributed by atoms with van der Waals surface area (Å²) in [5, 5.41) is 0. The summed E-state index contributed by atoms with van der Waals surface area (Å²) in [6, 6.07) is 12.9. The van der Waals surface area contributed by atoms with Gasteiger partial charge < -0.3 is 0 Å². The fraction of sp³-hybridized carbons (Fsp3) is 0.536. The second kappa shape index (κ2) is 7.74. The first kappa shape index (κ1) is 23.4. The summed E-state index contributed by atoms with van der Waals surface area (Å²) in [4.78, 5) is 13.7. The summed E-state index contributed by atoms with van der Waals surface area (Å²) < 4.78 is 0. The highest BCUT2D eigenvalue weighted by Crippen LogP contribution is 2.32. The lowest BCUT2D eigenvalue weighted by Gasteiger charge is -2.26. The molecule has 2 aromatic carbocycles. The second-order valence-electron chi connectivity index (χ2n) is 11.9. The fourth-order valence-electron chi connectivity index (χ4n) is 3.34. The van der Waals surface area contributed by atoms with Crippen LogP contribution in [0, 0.1) is 0 Å². The first-order valence-corrected chi connectivity index (χ1v) is 10.9. The Morgan fingerprint density at radius 1 is 0.586 bits per heavy atom. The van der Waals surface area contributed by atoms with Crippen LogP contribution in [0.15, 0.2) is 36.4 Å². The third kappa shape index (κ3) is 5.59. The molecule has 0 aliphatic carbocycles. The highest BCUT2D eigenvalue weighted by atomic mass is 16.1. The molecule has 0 aliphatic heterocycles. The number of hydrogen-bond acceptors (Lipinski definition) is 1. The molecule has 0 radical (unpaired) electrons. The van der Waals surface area contributed by atoms with Gasteiger partial charge >= 0.3 is 0 Å². The Hall–Kier alpha value is -1.89. The molecular weight excluding hydrogens is 352 g/mol. The van der Waals surface area contributed by atoms with Gasteiger partial charge in [0, 0.05) is 11.1 Å². The molecule has 0 aromatic heterocycles. The van der Waals surface area contributed by atoms with E-state index in [0.717, 1.165) is 11.1 Å². The van der Waals surface area contributed by atoms with Crippen LogP contribution in [0.1, 0.15) is 120 Å². The molecule has 0 saturated heterocycles. The molecule has 0 unspecified atom stereocenters. The van der Waals surface area contributed by atoms with Crippen LogP contribution in [-0.4, -0.2) is 5.78 Å². The molecule has 0 bridgehead atoms. The van der Waals surface area contributed by atoms with Crippen molar-refractivity contribution < 1.29 is 4.79 Å². The summed E-state index contributed by atoms with van der Waals surface area (Å²) in [5.41, 5.74) is 6.45. The van der Waals surface area contributed by atoms with Crippen molar-refractivity contribution in [2.75, 3.05) is 0 Å². The van der Waals surface area contributed by atoms with Crippen molar-refractivity contribution in [2.24, 2.45) is 0 Å². The van der Waals surface area contributed by atoms with Gasteiger partial charge in [-0.15, -0.1) is 0 Å². The summed E-state index contributed by atoms with van der Waals surface area (Å²) in [6.07, 6.45) is 0. The van der Waals surface area contributed by atoms with E-state index in [4.69, 9.17) is 0 Å². The number of carbonyl (C=O) groups is 1. The van der Waals surface area contributed by atoms with Gasteiger partial charge in [-0.2, -0.15) is 0 Å². The topological polar surface area (TPSA) is 17.1 Å². The van der Waals surface area contributed by atoms with Crippen molar-refractivity contribution in [3.05, 3.63) is 69.8 Å². The van der Waals surface area contributed by atoms with Crippen molar-refractivity contribution >= 4 is 5.78 Å². The van der Waals surface area contributed by atoms with E-state index in [0.29, 0.717) is 5.92 Å². The van der Waals surface area contributed by atoms with Crippen molar-refractivity contribution in [1.82, 2.24) is 0 Å². The number of ketones is 1. The highest BCUT2D eigenvalue weighted by Gasteiger charge is 2.24. The van der Waals surface area contributed by atoms with Gasteiger partial charge in [0.15, 0.2) is 5.78 Å².